The molecule has 0 fully saturated rings. The first-order valence-corrected chi connectivity index (χ1v) is 5.73. The second-order valence-corrected chi connectivity index (χ2v) is 3.44. The molecule has 3 nitrogen and oxygen atoms in total. The van der Waals surface area contributed by atoms with E-state index in [1.807, 2.05) is 6.92 Å². The number of carbonyl (C=O) groups excluding carboxylic acids is 1. The van der Waals surface area contributed by atoms with Gasteiger partial charge in [-0.2, -0.15) is 0 Å². The summed E-state index contributed by atoms with van der Waals surface area (Å²) in [6, 6.07) is 0. The van der Waals surface area contributed by atoms with Crippen LogP contribution in [0.2, 0.25) is 0 Å². The van der Waals surface area contributed by atoms with E-state index >= 15 is 0 Å². The van der Waals surface area contributed by atoms with Gasteiger partial charge in [-0.1, -0.05) is 32.6 Å². The van der Waals surface area contributed by atoms with Gasteiger partial charge in [0.2, 0.25) is 0 Å². The van der Waals surface area contributed by atoms with Crippen LogP contribution in [0.3, 0.4) is 0 Å². The van der Waals surface area contributed by atoms with Gasteiger partial charge >= 0.3 is 5.97 Å². The molecule has 0 bridgehead atoms. The summed E-state index contributed by atoms with van der Waals surface area (Å²) in [5, 5.41) is 0. The van der Waals surface area contributed by atoms with Crippen molar-refractivity contribution in [2.45, 2.75) is 52.4 Å². The maximum atomic E-state index is 11.2. The highest BCUT2D eigenvalue weighted by atomic mass is 16.7. The number of esters is 1. The van der Waals surface area contributed by atoms with Crippen LogP contribution in [-0.2, 0) is 14.3 Å². The third-order valence-corrected chi connectivity index (χ3v) is 2.02. The Bertz CT molecular complexity index is 187. The van der Waals surface area contributed by atoms with E-state index in [-0.39, 0.29) is 11.9 Å². The van der Waals surface area contributed by atoms with Gasteiger partial charge in [0.1, 0.15) is 0 Å². The Balaban J connectivity index is 3.37. The summed E-state index contributed by atoms with van der Waals surface area (Å²) >= 11 is 0. The van der Waals surface area contributed by atoms with Gasteiger partial charge in [-0.25, -0.2) is 0 Å². The van der Waals surface area contributed by atoms with Crippen molar-refractivity contribution in [2.75, 3.05) is 6.61 Å². The second-order valence-electron chi connectivity index (χ2n) is 3.44. The highest BCUT2D eigenvalue weighted by Gasteiger charge is 2.05. The third kappa shape index (κ3) is 9.32. The van der Waals surface area contributed by atoms with Crippen LogP contribution in [0.1, 0.15) is 52.4 Å². The van der Waals surface area contributed by atoms with Crippen molar-refractivity contribution in [3.8, 4) is 0 Å². The minimum Gasteiger partial charge on any atom is -0.466 e. The van der Waals surface area contributed by atoms with Gasteiger partial charge in [-0.05, 0) is 19.9 Å². The number of rotatable bonds is 9. The summed E-state index contributed by atoms with van der Waals surface area (Å²) in [6.07, 6.45) is 6.07. The molecule has 15 heavy (non-hydrogen) atoms. The van der Waals surface area contributed by atoms with Gasteiger partial charge in [0.05, 0.1) is 6.61 Å². The van der Waals surface area contributed by atoms with Gasteiger partial charge in [-0.3, -0.25) is 4.79 Å². The Morgan fingerprint density at radius 3 is 2.40 bits per heavy atom. The van der Waals surface area contributed by atoms with Crippen molar-refractivity contribution in [3.63, 3.8) is 0 Å². The molecule has 0 aliphatic rings. The maximum Gasteiger partial charge on any atom is 0.313 e. The van der Waals surface area contributed by atoms with E-state index in [0.717, 1.165) is 12.8 Å². The van der Waals surface area contributed by atoms with Crippen LogP contribution in [0.15, 0.2) is 12.5 Å². The van der Waals surface area contributed by atoms with E-state index in [1.54, 1.807) is 0 Å². The summed E-state index contributed by atoms with van der Waals surface area (Å²) in [7, 11) is 0. The van der Waals surface area contributed by atoms with Crippen LogP contribution >= 0.6 is 0 Å². The molecule has 0 saturated heterocycles. The van der Waals surface area contributed by atoms with Crippen LogP contribution in [-0.4, -0.2) is 12.6 Å². The number of ether oxygens (including phenoxy) is 2. The number of hydrogen-bond donors (Lipinski definition) is 0. The van der Waals surface area contributed by atoms with Crippen LogP contribution in [0, 0.1) is 0 Å². The number of carbonyl (C=O) groups is 1. The Morgan fingerprint density at radius 2 is 1.80 bits per heavy atom. The maximum absolute atomic E-state index is 11.2. The summed E-state index contributed by atoms with van der Waals surface area (Å²) in [5.41, 5.74) is 0. The molecular weight excluding hydrogens is 192 g/mol. The van der Waals surface area contributed by atoms with Crippen molar-refractivity contribution < 1.29 is 14.3 Å². The van der Waals surface area contributed by atoms with E-state index < -0.39 is 0 Å². The molecule has 0 spiro atoms. The van der Waals surface area contributed by atoms with E-state index in [9.17, 15) is 4.79 Å². The first kappa shape index (κ1) is 14.0. The number of hydrogen-bond acceptors (Lipinski definition) is 3. The van der Waals surface area contributed by atoms with Crippen molar-refractivity contribution in [3.05, 3.63) is 12.5 Å². The second kappa shape index (κ2) is 9.56. The third-order valence-electron chi connectivity index (χ3n) is 2.02. The lowest BCUT2D eigenvalue weighted by molar-refractivity contribution is -0.144. The molecule has 0 amide bonds. The predicted octanol–water partition coefficient (Wildman–Crippen LogP) is 3.40. The summed E-state index contributed by atoms with van der Waals surface area (Å²) < 4.78 is 9.76. The van der Waals surface area contributed by atoms with Crippen LogP contribution in [0.4, 0.5) is 0 Å². The van der Waals surface area contributed by atoms with Crippen molar-refractivity contribution in [1.29, 1.82) is 0 Å². The quantitative estimate of drug-likeness (QED) is 0.335. The minimum absolute atomic E-state index is 0.107. The first-order chi connectivity index (χ1) is 7.20. The van der Waals surface area contributed by atoms with Crippen LogP contribution < -0.4 is 0 Å². The van der Waals surface area contributed by atoms with E-state index in [0.29, 0.717) is 13.0 Å². The highest BCUT2D eigenvalue weighted by molar-refractivity contribution is 5.70. The summed E-state index contributed by atoms with van der Waals surface area (Å²) in [6.45, 7) is 7.94. The molecule has 0 aliphatic carbocycles. The van der Waals surface area contributed by atoms with Crippen LogP contribution in [0.5, 0.6) is 0 Å². The summed E-state index contributed by atoms with van der Waals surface area (Å²) in [4.78, 5) is 11.2. The minimum atomic E-state index is -0.245. The van der Waals surface area contributed by atoms with Crippen LogP contribution in [0.25, 0.3) is 0 Å². The molecule has 0 rings (SSSR count). The molecule has 0 aromatic heterocycles. The van der Waals surface area contributed by atoms with E-state index in [4.69, 9.17) is 9.47 Å². The molecule has 0 radical (unpaired) electrons. The molecule has 0 saturated carbocycles. The summed E-state index contributed by atoms with van der Waals surface area (Å²) in [5.74, 6) is -0.138. The van der Waals surface area contributed by atoms with Crippen molar-refractivity contribution in [2.24, 2.45) is 0 Å². The molecule has 0 unspecified atom stereocenters. The zero-order valence-corrected chi connectivity index (χ0v) is 9.88. The average Bonchev–Trinajstić information content (AvgIpc) is 2.17. The van der Waals surface area contributed by atoms with Crippen molar-refractivity contribution in [1.82, 2.24) is 0 Å². The lowest BCUT2D eigenvalue weighted by Crippen LogP contribution is -2.05. The molecular formula is C12H22O3. The molecule has 0 aliphatic heterocycles. The van der Waals surface area contributed by atoms with E-state index in [1.165, 1.54) is 19.3 Å². The molecule has 0 aromatic carbocycles. The average molecular weight is 214 g/mol. The van der Waals surface area contributed by atoms with Crippen molar-refractivity contribution >= 4 is 5.97 Å². The normalized spacial score (nSPS) is 9.73. The lowest BCUT2D eigenvalue weighted by atomic mass is 10.1. The van der Waals surface area contributed by atoms with Gasteiger partial charge in [0, 0.05) is 6.42 Å². The smallest absolute Gasteiger partial charge is 0.313 e. The topological polar surface area (TPSA) is 35.5 Å². The molecule has 88 valence electrons. The Kier molecular flexibility index (Phi) is 8.93. The molecule has 3 heteroatoms. The molecule has 0 aromatic rings. The molecule has 0 heterocycles. The number of unbranched alkanes of at least 4 members (excludes halogenated alkanes) is 4. The fraction of sp³-hybridized carbons (Fsp3) is 0.750. The Morgan fingerprint density at radius 1 is 1.13 bits per heavy atom. The van der Waals surface area contributed by atoms with Gasteiger partial charge in [-0.15, -0.1) is 0 Å². The van der Waals surface area contributed by atoms with Gasteiger partial charge in [0.15, 0.2) is 0 Å². The standard InChI is InChI=1S/C12H22O3/c1-4-6-7-8-9-10-12(13)15-11(3)14-5-2/h3-10H2,1-2H3. The fourth-order valence-electron chi connectivity index (χ4n) is 1.24. The Hall–Kier alpha value is -0.990. The largest absolute Gasteiger partial charge is 0.466 e. The van der Waals surface area contributed by atoms with Gasteiger partial charge in [0.25, 0.3) is 5.95 Å². The SMILES string of the molecule is C=C(OCC)OC(=O)CCCCCCC. The van der Waals surface area contributed by atoms with Gasteiger partial charge < -0.3 is 9.47 Å². The first-order valence-electron chi connectivity index (χ1n) is 5.73. The molecule has 0 N–H and O–H groups in total. The Labute approximate surface area is 92.5 Å². The molecule has 0 atom stereocenters. The highest BCUT2D eigenvalue weighted by Crippen LogP contribution is 2.07. The zero-order chi connectivity index (χ0) is 11.5. The lowest BCUT2D eigenvalue weighted by Gasteiger charge is -2.06. The zero-order valence-electron chi connectivity index (χ0n) is 9.88. The van der Waals surface area contributed by atoms with E-state index in [2.05, 4.69) is 13.5 Å². The monoisotopic (exact) mass is 214 g/mol. The fourth-order valence-corrected chi connectivity index (χ4v) is 1.24. The predicted molar refractivity (Wildman–Crippen MR) is 60.2 cm³/mol.